The largest absolute Gasteiger partial charge is 1.00 e. The van der Waals surface area contributed by atoms with Crippen molar-refractivity contribution in [2.75, 3.05) is 51.0 Å². The van der Waals surface area contributed by atoms with Gasteiger partial charge in [-0.3, -0.25) is 39.1 Å². The average Bonchev–Trinajstić information content (AvgIpc) is 4.19. The summed E-state index contributed by atoms with van der Waals surface area (Å²) in [5.41, 5.74) is 10.1. The van der Waals surface area contributed by atoms with E-state index in [1.165, 1.54) is 39.7 Å². The number of non-ortho nitro benzene ring substituents is 1. The Hall–Kier alpha value is -8.78. The molecular weight excluding hydrogens is 1070 g/mol. The minimum absolute atomic E-state index is 0. The number of nitrogens with two attached hydrogens (primary N) is 5. The van der Waals surface area contributed by atoms with Crippen LogP contribution in [-0.4, -0.2) is 108 Å². The number of ether oxygens (including phenoxy) is 3. The van der Waals surface area contributed by atoms with Gasteiger partial charge in [-0.2, -0.15) is 5.90 Å². The molecule has 82 heavy (non-hydrogen) atoms. The van der Waals surface area contributed by atoms with E-state index in [9.17, 15) is 44.2 Å². The molecule has 0 atom stereocenters. The standard InChI is InChI=1S/C10H14N2O2.C10H13NO2.C8H11N3O.C8H10N2O2.C6H5N3O5.C5H7NO2.C5H6.CH4O.Li.H2O/c1-2-14-10(13)9-8(7-3-4-7)5-6-12(9)11;1-2-13-10(12)9-8(5-6-11-9)7-3-4-7;9-8(12)7-6(5-1-2-5)3-4-11(7)10;9-10-4-3-6(5-1-2-5)7(10)8(11)12;7-14-6-2-1-4(8(10)11)3-5(6)9(12)13;1-3-8-5(7)4-6-2;1-2-5-3-4-5;1-2;;/h5-7H,2-4,11H2,1H3;5-7,11H,2-4H2,1H3;3-5H,1-2,10H2,(H2,9,12);3-5H,1-2,9H2,(H,11,12);1-3H,7H2;3-4H2,1H3;1,5H,3-4H2;2H,1H3;;1H2/q;;;;;;;;+1;/p-1. The molecule has 0 spiro atoms. The molecule has 0 saturated heterocycles. The van der Waals surface area contributed by atoms with Gasteiger partial charge in [0.15, 0.2) is 11.4 Å². The molecule has 5 aliphatic rings. The maximum atomic E-state index is 11.6. The van der Waals surface area contributed by atoms with Gasteiger partial charge in [0, 0.05) is 43.9 Å². The molecular formula is C53H71LiN12O16. The Morgan fingerprint density at radius 2 is 1.15 bits per heavy atom. The molecule has 28 nitrogen and oxygen atoms in total. The Morgan fingerprint density at radius 3 is 1.52 bits per heavy atom. The summed E-state index contributed by atoms with van der Waals surface area (Å²) in [4.78, 5) is 83.9. The number of primary amides is 1. The summed E-state index contributed by atoms with van der Waals surface area (Å²) in [5.74, 6) is 24.1. The molecule has 0 aliphatic heterocycles. The van der Waals surface area contributed by atoms with Crippen molar-refractivity contribution < 1.29 is 87.4 Å². The molecule has 0 radical (unpaired) electrons. The third-order valence-corrected chi connectivity index (χ3v) is 11.9. The van der Waals surface area contributed by atoms with E-state index in [0.29, 0.717) is 66.5 Å². The quantitative estimate of drug-likeness (QED) is 0.0109. The van der Waals surface area contributed by atoms with E-state index in [-0.39, 0.29) is 54.3 Å². The Bertz CT molecular complexity index is 2910. The van der Waals surface area contributed by atoms with Crippen LogP contribution in [0.2, 0.25) is 0 Å². The topological polar surface area (TPSA) is 444 Å². The molecule has 440 valence electrons. The van der Waals surface area contributed by atoms with Crippen LogP contribution in [0.3, 0.4) is 0 Å². The maximum Gasteiger partial charge on any atom is 1.00 e. The maximum absolute atomic E-state index is 11.6. The zero-order chi connectivity index (χ0) is 59.6. The Labute approximate surface area is 485 Å². The van der Waals surface area contributed by atoms with E-state index in [1.54, 1.807) is 44.7 Å². The summed E-state index contributed by atoms with van der Waals surface area (Å²) in [5, 5.41) is 36.5. The van der Waals surface area contributed by atoms with Crippen molar-refractivity contribution in [3.05, 3.63) is 144 Å². The van der Waals surface area contributed by atoms with Crippen LogP contribution >= 0.6 is 0 Å². The van der Waals surface area contributed by atoms with Crippen LogP contribution in [0.1, 0.15) is 173 Å². The van der Waals surface area contributed by atoms with Gasteiger partial charge in [-0.05, 0) is 161 Å². The molecule has 5 aliphatic carbocycles. The first-order chi connectivity index (χ1) is 38.3. The van der Waals surface area contributed by atoms with E-state index in [4.69, 9.17) is 61.8 Å². The van der Waals surface area contributed by atoms with Crippen LogP contribution in [0.5, 0.6) is 5.75 Å². The van der Waals surface area contributed by atoms with Crippen molar-refractivity contribution in [1.29, 1.82) is 0 Å². The number of hydrogen-bond acceptors (Lipinski definition) is 19. The molecule has 1 amide bonds. The van der Waals surface area contributed by atoms with E-state index in [1.807, 2.05) is 25.1 Å². The first-order valence-electron chi connectivity index (χ1n) is 25.4. The normalized spacial score (nSPS) is 13.7. The summed E-state index contributed by atoms with van der Waals surface area (Å²) >= 11 is 0. The van der Waals surface area contributed by atoms with Crippen LogP contribution in [0.25, 0.3) is 4.85 Å². The number of amides is 1. The van der Waals surface area contributed by atoms with E-state index in [0.717, 1.165) is 86.1 Å². The number of aromatic nitrogens is 4. The second kappa shape index (κ2) is 35.8. The number of nitrogens with zero attached hydrogens (tertiary/aromatic N) is 6. The second-order valence-corrected chi connectivity index (χ2v) is 17.9. The molecule has 0 bridgehead atoms. The number of H-pyrrole nitrogens is 1. The van der Waals surface area contributed by atoms with Crippen LogP contribution in [0.15, 0.2) is 67.3 Å². The number of nitrogen functional groups attached to an aromatic ring is 3. The van der Waals surface area contributed by atoms with E-state index in [2.05, 4.69) is 25.3 Å². The fourth-order valence-electron chi connectivity index (χ4n) is 7.37. The number of benzene rings is 1. The average molecular weight is 1140 g/mol. The summed E-state index contributed by atoms with van der Waals surface area (Å²) in [6.45, 7) is 12.6. The van der Waals surface area contributed by atoms with Crippen molar-refractivity contribution in [3.8, 4) is 18.1 Å². The molecule has 29 heteroatoms. The minimum Gasteiger partial charge on any atom is -0.870 e. The number of nitrogens with one attached hydrogen (secondary N) is 1. The van der Waals surface area contributed by atoms with Gasteiger partial charge in [0.25, 0.3) is 11.6 Å². The predicted molar refractivity (Wildman–Crippen MR) is 294 cm³/mol. The van der Waals surface area contributed by atoms with Crippen molar-refractivity contribution in [2.45, 2.75) is 109 Å². The third-order valence-electron chi connectivity index (χ3n) is 11.9. The molecule has 10 rings (SSSR count). The van der Waals surface area contributed by atoms with Crippen molar-refractivity contribution in [1.82, 2.24) is 19.0 Å². The van der Waals surface area contributed by atoms with Gasteiger partial charge in [-0.25, -0.2) is 25.8 Å². The van der Waals surface area contributed by atoms with Gasteiger partial charge in [-0.1, -0.05) is 0 Å². The molecule has 0 unspecified atom stereocenters. The van der Waals surface area contributed by atoms with Gasteiger partial charge in [0.05, 0.1) is 35.7 Å². The molecule has 4 aromatic heterocycles. The molecule has 5 aromatic rings. The predicted octanol–water partition coefficient (Wildman–Crippen LogP) is 2.97. The Balaban J connectivity index is 0.000000481. The number of carbonyl (C=O) groups is 5. The summed E-state index contributed by atoms with van der Waals surface area (Å²) in [7, 11) is 1.00. The number of aromatic carboxylic acids is 1. The summed E-state index contributed by atoms with van der Waals surface area (Å²) in [6.07, 6.45) is 23.5. The number of esters is 3. The van der Waals surface area contributed by atoms with E-state index >= 15 is 0 Å². The van der Waals surface area contributed by atoms with Crippen LogP contribution in [0, 0.1) is 45.1 Å². The van der Waals surface area contributed by atoms with Gasteiger partial charge in [0.2, 0.25) is 5.75 Å². The number of terminal acetylenes is 1. The number of carboxylic acids is 1. The number of rotatable bonds is 15. The van der Waals surface area contributed by atoms with Crippen LogP contribution in [-0.2, 0) is 19.0 Å². The fourth-order valence-corrected chi connectivity index (χ4v) is 7.37. The number of nitro benzene ring substituents is 2. The van der Waals surface area contributed by atoms with Crippen molar-refractivity contribution in [3.63, 3.8) is 0 Å². The van der Waals surface area contributed by atoms with Crippen molar-refractivity contribution >= 4 is 41.2 Å². The van der Waals surface area contributed by atoms with Crippen LogP contribution < -0.4 is 52.9 Å². The zero-order valence-corrected chi connectivity index (χ0v) is 46.4. The number of carboxylic acid groups (broad SMARTS) is 1. The third kappa shape index (κ3) is 22.8. The summed E-state index contributed by atoms with van der Waals surface area (Å²) < 4.78 is 18.1. The fraction of sp³-hybridized carbons (Fsp3) is 0.434. The number of nitro groups is 2. The minimum atomic E-state index is -0.940. The number of aromatic amines is 1. The Kier molecular flexibility index (Phi) is 31.1. The van der Waals surface area contributed by atoms with Gasteiger partial charge < -0.3 is 67.8 Å². The zero-order valence-electron chi connectivity index (χ0n) is 46.4. The smallest absolute Gasteiger partial charge is 0.870 e. The number of carbonyl (C=O) groups excluding carboxylic acids is 4. The molecule has 1 aromatic carbocycles. The van der Waals surface area contributed by atoms with Crippen molar-refractivity contribution in [2.24, 2.45) is 17.5 Å². The second-order valence-electron chi connectivity index (χ2n) is 17.9. The molecule has 5 saturated carbocycles. The summed E-state index contributed by atoms with van der Waals surface area (Å²) in [6, 6.07) is 10.5. The number of hydrogen-bond donors (Lipinski definition) is 8. The Morgan fingerprint density at radius 1 is 0.707 bits per heavy atom. The first-order valence-corrected chi connectivity index (χ1v) is 25.4. The van der Waals surface area contributed by atoms with Gasteiger partial charge in [-0.15, -0.1) is 12.3 Å². The molecule has 5 fully saturated rings. The van der Waals surface area contributed by atoms with Gasteiger partial charge >= 0.3 is 55.0 Å². The first kappa shape index (κ1) is 71.2. The van der Waals surface area contributed by atoms with Crippen LogP contribution in [0.4, 0.5) is 11.4 Å². The number of aliphatic hydroxyl groups is 1. The van der Waals surface area contributed by atoms with E-state index < -0.39 is 39.1 Å². The molecule has 14 N–H and O–H groups in total. The van der Waals surface area contributed by atoms with Gasteiger partial charge in [0.1, 0.15) is 11.4 Å². The molecule has 4 heterocycles. The number of aliphatic hydroxyl groups excluding tert-OH is 1. The monoisotopic (exact) mass is 1140 g/mol. The SMILES string of the molecule is C#CC1CC1.CCOC(=O)c1[nH]ccc1C1CC1.CCOC(=O)c1c(C2CC2)ccn1N.CO.NC(=O)c1c(C2CC2)ccn1N.NOc1ccc([N+](=O)[O-])cc1[N+](=O)[O-].Nn1ccc(C2CC2)c1C(=O)O.[C-]#[N+]CC(=O)OCC.[Li+].[OH-].